The molecule has 0 aliphatic carbocycles. The number of nitrogens with one attached hydrogen (secondary N) is 2. The Labute approximate surface area is 291 Å². The van der Waals surface area contributed by atoms with Gasteiger partial charge in [-0.3, -0.25) is 9.69 Å². The number of hydrogen-bond acceptors (Lipinski definition) is 8. The summed E-state index contributed by atoms with van der Waals surface area (Å²) in [6, 6.07) is 12.6. The highest BCUT2D eigenvalue weighted by Gasteiger charge is 2.50. The Morgan fingerprint density at radius 1 is 1.10 bits per heavy atom. The summed E-state index contributed by atoms with van der Waals surface area (Å²) in [7, 11) is 3.75. The zero-order valence-corrected chi connectivity index (χ0v) is 29.8. The molecule has 2 bridgehead atoms. The number of anilines is 1. The fourth-order valence-electron chi connectivity index (χ4n) is 8.83. The number of nitrogens with zero attached hydrogens (tertiary/aromatic N) is 4. The number of likely N-dealkylation sites (tertiary alicyclic amines) is 1. The second kappa shape index (κ2) is 16.0. The third kappa shape index (κ3) is 7.66. The van der Waals surface area contributed by atoms with Crippen LogP contribution in [-0.4, -0.2) is 106 Å². The molecule has 5 aliphatic heterocycles. The fraction of sp³-hybridized carbons (Fsp3) is 0.590. The van der Waals surface area contributed by atoms with Crippen LogP contribution in [-0.2, 0) is 14.3 Å². The topological polar surface area (TPSA) is 81.7 Å². The number of allylic oxidation sites excluding steroid dienone is 1. The molecule has 10 heteroatoms. The van der Waals surface area contributed by atoms with Gasteiger partial charge in [-0.2, -0.15) is 4.99 Å². The lowest BCUT2D eigenvalue weighted by atomic mass is 9.95. The number of carbonyl (C=O) groups excluding carboxylic acids is 1. The molecular formula is C39H55FN6O3. The van der Waals surface area contributed by atoms with E-state index in [2.05, 4.69) is 45.3 Å². The van der Waals surface area contributed by atoms with Crippen LogP contribution in [0.4, 0.5) is 10.1 Å². The Morgan fingerprint density at radius 2 is 1.86 bits per heavy atom. The highest BCUT2D eigenvalue weighted by molar-refractivity contribution is 6.01. The molecule has 0 radical (unpaired) electrons. The smallest absolute Gasteiger partial charge is 0.293 e. The van der Waals surface area contributed by atoms with Crippen molar-refractivity contribution < 1.29 is 18.7 Å². The van der Waals surface area contributed by atoms with E-state index in [0.717, 1.165) is 88.2 Å². The predicted octanol–water partition coefficient (Wildman–Crippen LogP) is 5.61. The van der Waals surface area contributed by atoms with E-state index in [4.69, 9.17) is 14.5 Å². The van der Waals surface area contributed by atoms with Crippen LogP contribution in [0.25, 0.3) is 10.8 Å². The van der Waals surface area contributed by atoms with Crippen LogP contribution in [0.2, 0.25) is 0 Å². The molecule has 4 atom stereocenters. The van der Waals surface area contributed by atoms with E-state index in [-0.39, 0.29) is 17.4 Å². The number of rotatable bonds is 10. The third-order valence-corrected chi connectivity index (χ3v) is 11.0. The zero-order valence-electron chi connectivity index (χ0n) is 29.8. The summed E-state index contributed by atoms with van der Waals surface area (Å²) >= 11 is 0. The molecule has 0 saturated carbocycles. The highest BCUT2D eigenvalue weighted by Crippen LogP contribution is 2.43. The summed E-state index contributed by atoms with van der Waals surface area (Å²) < 4.78 is 26.9. The van der Waals surface area contributed by atoms with Gasteiger partial charge in [0.25, 0.3) is 6.47 Å². The summed E-state index contributed by atoms with van der Waals surface area (Å²) in [5, 5.41) is 8.16. The van der Waals surface area contributed by atoms with Gasteiger partial charge in [0.15, 0.2) is 0 Å². The van der Waals surface area contributed by atoms with Crippen LogP contribution >= 0.6 is 0 Å². The van der Waals surface area contributed by atoms with Gasteiger partial charge in [-0.25, -0.2) is 4.39 Å². The molecule has 2 N–H and O–H groups in total. The lowest BCUT2D eigenvalue weighted by Gasteiger charge is -2.39. The molecular weight excluding hydrogens is 619 g/mol. The molecule has 2 aromatic carbocycles. The number of fused-ring (bicyclic) bond motifs is 4. The maximum Gasteiger partial charge on any atom is 0.293 e. The van der Waals surface area contributed by atoms with Crippen molar-refractivity contribution in [3.05, 3.63) is 65.3 Å². The van der Waals surface area contributed by atoms with Gasteiger partial charge in [-0.15, -0.1) is 0 Å². The fourth-order valence-corrected chi connectivity index (χ4v) is 8.83. The second-order valence-corrected chi connectivity index (χ2v) is 14.4. The molecule has 0 amide bonds. The van der Waals surface area contributed by atoms with E-state index >= 15 is 4.39 Å². The van der Waals surface area contributed by atoms with Crippen molar-refractivity contribution in [3.63, 3.8) is 0 Å². The minimum absolute atomic E-state index is 0.0260. The third-order valence-electron chi connectivity index (χ3n) is 11.0. The van der Waals surface area contributed by atoms with E-state index in [9.17, 15) is 4.79 Å². The molecule has 0 spiro atoms. The van der Waals surface area contributed by atoms with Gasteiger partial charge in [0.05, 0.1) is 5.54 Å². The number of aliphatic imine (C=N–C) groups is 1. The first kappa shape index (κ1) is 35.4. The van der Waals surface area contributed by atoms with Gasteiger partial charge in [0.1, 0.15) is 24.9 Å². The van der Waals surface area contributed by atoms with Crippen molar-refractivity contribution in [1.29, 1.82) is 0 Å². The molecule has 5 heterocycles. The minimum atomic E-state index is -0.171. The van der Waals surface area contributed by atoms with Gasteiger partial charge in [-0.1, -0.05) is 31.2 Å². The van der Waals surface area contributed by atoms with Crippen molar-refractivity contribution in [2.24, 2.45) is 4.99 Å². The van der Waals surface area contributed by atoms with Crippen molar-refractivity contribution in [2.75, 3.05) is 64.9 Å². The average Bonchev–Trinajstić information content (AvgIpc) is 3.78. The second-order valence-electron chi connectivity index (χ2n) is 14.4. The van der Waals surface area contributed by atoms with Gasteiger partial charge in [0.2, 0.25) is 5.88 Å². The summed E-state index contributed by atoms with van der Waals surface area (Å²) in [6.45, 7) is 10.4. The van der Waals surface area contributed by atoms with Gasteiger partial charge in [0, 0.05) is 55.4 Å². The summed E-state index contributed by atoms with van der Waals surface area (Å²) in [6.07, 6.45) is 10.5. The van der Waals surface area contributed by atoms with Crippen LogP contribution in [0.5, 0.6) is 0 Å². The number of hydrogen-bond donors (Lipinski definition) is 2. The Bertz CT molecular complexity index is 1540. The van der Waals surface area contributed by atoms with E-state index in [1.165, 1.54) is 24.0 Å². The molecule has 0 aromatic heterocycles. The number of amidine groups is 1. The van der Waals surface area contributed by atoms with Crippen molar-refractivity contribution >= 4 is 28.8 Å². The Balaban J connectivity index is 0.00000134. The monoisotopic (exact) mass is 674 g/mol. The van der Waals surface area contributed by atoms with Gasteiger partial charge in [-0.05, 0) is 114 Å². The van der Waals surface area contributed by atoms with Crippen LogP contribution in [0.15, 0.2) is 64.5 Å². The molecule has 4 saturated heterocycles. The number of carbonyl (C=O) groups is 1. The molecule has 2 aromatic rings. The predicted molar refractivity (Wildman–Crippen MR) is 195 cm³/mol. The van der Waals surface area contributed by atoms with Crippen LogP contribution < -0.4 is 15.5 Å². The van der Waals surface area contributed by atoms with E-state index < -0.39 is 0 Å². The normalized spacial score (nSPS) is 27.3. The van der Waals surface area contributed by atoms with E-state index in [0.29, 0.717) is 43.0 Å². The SMILES string of the molecule is CC/C=C(/N=C(\C1=C(C)CN(c2cccc3cccc(F)c23)CC1)N1CC2CCC(C1)N2)OCC12CCCN1[C@@H](COC=O)CC2.CNC. The molecule has 4 fully saturated rings. The number of halogens is 1. The number of piperazine rings is 1. The lowest BCUT2D eigenvalue weighted by molar-refractivity contribution is -0.130. The molecule has 9 nitrogen and oxygen atoms in total. The standard InChI is InChI=1S/C37H48FN5O3.C2H7N/c1-3-7-34(46-24-37-16-6-18-43(37)30(14-17-37)23-45-25-44)40-36(42-21-28-12-13-29(22-42)39-28)31-15-19-41(20-26(31)2)33-11-5-9-27-8-4-10-32(38)35(27)33;1-3-2/h4-5,7-11,25,28-30,39H,3,6,12-24H2,1-2H3;3H,1-2H3/b34-7-,40-36+;/t28?,29?,30-,37?;/m1./s1. The molecule has 3 unspecified atom stereocenters. The Hall–Kier alpha value is -3.47. The van der Waals surface area contributed by atoms with Gasteiger partial charge < -0.3 is 29.9 Å². The van der Waals surface area contributed by atoms with Crippen molar-refractivity contribution in [1.82, 2.24) is 20.4 Å². The molecule has 7 rings (SSSR count). The number of ether oxygens (including phenoxy) is 2. The average molecular weight is 675 g/mol. The lowest BCUT2D eigenvalue weighted by Crippen LogP contribution is -2.54. The highest BCUT2D eigenvalue weighted by atomic mass is 19.1. The molecule has 266 valence electrons. The molecule has 49 heavy (non-hydrogen) atoms. The molecule has 5 aliphatic rings. The van der Waals surface area contributed by atoms with E-state index in [1.54, 1.807) is 12.1 Å². The van der Waals surface area contributed by atoms with Gasteiger partial charge >= 0.3 is 0 Å². The summed E-state index contributed by atoms with van der Waals surface area (Å²) in [5.74, 6) is 1.58. The van der Waals surface area contributed by atoms with Crippen LogP contribution in [0.3, 0.4) is 0 Å². The Kier molecular flexibility index (Phi) is 11.6. The summed E-state index contributed by atoms with van der Waals surface area (Å²) in [5.41, 5.74) is 3.49. The van der Waals surface area contributed by atoms with Crippen molar-refractivity contribution in [3.8, 4) is 0 Å². The van der Waals surface area contributed by atoms with Crippen LogP contribution in [0, 0.1) is 5.82 Å². The van der Waals surface area contributed by atoms with Crippen molar-refractivity contribution in [2.45, 2.75) is 88.9 Å². The minimum Gasteiger partial charge on any atom is -0.476 e. The number of benzene rings is 2. The quantitative estimate of drug-likeness (QED) is 0.146. The Morgan fingerprint density at radius 3 is 2.57 bits per heavy atom. The largest absolute Gasteiger partial charge is 0.476 e. The first-order valence-corrected chi connectivity index (χ1v) is 18.3. The zero-order chi connectivity index (χ0) is 34.4. The first-order valence-electron chi connectivity index (χ1n) is 18.3. The van der Waals surface area contributed by atoms with Crippen LogP contribution in [0.1, 0.15) is 65.2 Å². The van der Waals surface area contributed by atoms with E-state index in [1.807, 2.05) is 38.4 Å². The first-order chi connectivity index (χ1) is 23.9. The maximum atomic E-state index is 15.1. The maximum absolute atomic E-state index is 15.1. The summed E-state index contributed by atoms with van der Waals surface area (Å²) in [4.78, 5) is 23.6.